The fourth-order valence-corrected chi connectivity index (χ4v) is 7.87. The van der Waals surface area contributed by atoms with E-state index in [0.29, 0.717) is 11.1 Å². The van der Waals surface area contributed by atoms with Crippen molar-refractivity contribution in [2.24, 2.45) is 0 Å². The minimum absolute atomic E-state index is 0.496. The van der Waals surface area contributed by atoms with Crippen molar-refractivity contribution >= 4 is 0 Å². The summed E-state index contributed by atoms with van der Waals surface area (Å²) < 4.78 is 14.6. The minimum Gasteiger partial charge on any atom is -0.372 e. The first-order chi connectivity index (χ1) is 30.5. The van der Waals surface area contributed by atoms with Gasteiger partial charge in [0.1, 0.15) is 11.2 Å². The molecular formula is C58H46O4. The van der Waals surface area contributed by atoms with E-state index in [9.17, 15) is 10.2 Å². The highest BCUT2D eigenvalue weighted by Gasteiger charge is 2.53. The molecule has 0 aliphatic heterocycles. The number of ether oxygens (including phenoxy) is 2. The van der Waals surface area contributed by atoms with Crippen LogP contribution >= 0.6 is 0 Å². The molecule has 0 unspecified atom stereocenters. The molecule has 0 saturated carbocycles. The van der Waals surface area contributed by atoms with Gasteiger partial charge in [-0.05, 0) is 57.6 Å². The van der Waals surface area contributed by atoms with E-state index in [-0.39, 0.29) is 0 Å². The molecule has 0 aliphatic rings. The first-order valence-electron chi connectivity index (χ1n) is 20.7. The highest BCUT2D eigenvalue weighted by molar-refractivity contribution is 5.50. The van der Waals surface area contributed by atoms with Crippen molar-refractivity contribution in [1.29, 1.82) is 0 Å². The Balaban J connectivity index is 1.34. The van der Waals surface area contributed by atoms with Gasteiger partial charge in [0.25, 0.3) is 0 Å². The van der Waals surface area contributed by atoms with Gasteiger partial charge in [-0.25, -0.2) is 0 Å². The third kappa shape index (κ3) is 8.65. The van der Waals surface area contributed by atoms with Gasteiger partial charge in [-0.1, -0.05) is 242 Å². The lowest BCUT2D eigenvalue weighted by atomic mass is 9.78. The van der Waals surface area contributed by atoms with Crippen molar-refractivity contribution in [3.63, 3.8) is 0 Å². The third-order valence-corrected chi connectivity index (χ3v) is 11.1. The largest absolute Gasteiger partial charge is 0.372 e. The third-order valence-electron chi connectivity index (χ3n) is 11.1. The zero-order chi connectivity index (χ0) is 42.6. The summed E-state index contributed by atoms with van der Waals surface area (Å²) in [6, 6.07) is 78.1. The lowest BCUT2D eigenvalue weighted by Gasteiger charge is -2.43. The molecule has 4 heteroatoms. The van der Waals surface area contributed by atoms with Crippen LogP contribution in [-0.2, 0) is 20.7 Å². The molecule has 2 atom stereocenters. The minimum atomic E-state index is -2.38. The number of rotatable bonds is 13. The standard InChI is InChI=1S/C58H46O4/c59-55(43-41-47-25-9-1-10-26-47,45-61-57(49-29-13-3-14-30-49,50-31-15-4-16-32-50)51-33-17-5-18-34-51)56(60,44-42-48-27-11-2-12-28-48)46-62-58(52-35-19-6-20-36-52,53-37-21-7-22-38-53)54-39-23-8-24-40-54/h1-40,59-60H,45-46H2/t55-,56+. The van der Waals surface area contributed by atoms with E-state index < -0.39 is 35.6 Å². The molecule has 0 aromatic heterocycles. The van der Waals surface area contributed by atoms with Crippen molar-refractivity contribution in [2.45, 2.75) is 22.4 Å². The Hall–Kier alpha value is -7.28. The van der Waals surface area contributed by atoms with Gasteiger partial charge in [-0.15, -0.1) is 0 Å². The van der Waals surface area contributed by atoms with E-state index in [2.05, 4.69) is 23.7 Å². The molecule has 8 rings (SSSR count). The second-order valence-corrected chi connectivity index (χ2v) is 15.1. The molecule has 0 radical (unpaired) electrons. The van der Waals surface area contributed by atoms with E-state index in [4.69, 9.17) is 9.47 Å². The predicted molar refractivity (Wildman–Crippen MR) is 247 cm³/mol. The number of aliphatic hydroxyl groups is 2. The Morgan fingerprint density at radius 1 is 0.290 bits per heavy atom. The summed E-state index contributed by atoms with van der Waals surface area (Å²) in [7, 11) is 0. The molecule has 62 heavy (non-hydrogen) atoms. The fourth-order valence-electron chi connectivity index (χ4n) is 7.87. The zero-order valence-corrected chi connectivity index (χ0v) is 34.2. The molecule has 0 fully saturated rings. The van der Waals surface area contributed by atoms with Gasteiger partial charge in [-0.3, -0.25) is 0 Å². The summed E-state index contributed by atoms with van der Waals surface area (Å²) >= 11 is 0. The molecule has 302 valence electrons. The van der Waals surface area contributed by atoms with E-state index in [1.165, 1.54) is 0 Å². The molecule has 0 aliphatic carbocycles. The molecular weight excluding hydrogens is 761 g/mol. The summed E-state index contributed by atoms with van der Waals surface area (Å²) in [4.78, 5) is 0. The second kappa shape index (κ2) is 19.0. The van der Waals surface area contributed by atoms with Crippen LogP contribution in [0.15, 0.2) is 243 Å². The molecule has 4 nitrogen and oxygen atoms in total. The SMILES string of the molecule is O[C@](C#Cc1ccccc1)(COC(c1ccccc1)(c1ccccc1)c1ccccc1)[C@](O)(C#Cc1ccccc1)COC(c1ccccc1)(c1ccccc1)c1ccccc1. The normalized spacial score (nSPS) is 13.3. The van der Waals surface area contributed by atoms with Crippen LogP contribution < -0.4 is 0 Å². The average molecular weight is 807 g/mol. The van der Waals surface area contributed by atoms with Crippen LogP contribution in [0.5, 0.6) is 0 Å². The van der Waals surface area contributed by atoms with Crippen molar-refractivity contribution in [3.05, 3.63) is 287 Å². The van der Waals surface area contributed by atoms with Crippen LogP contribution in [0.4, 0.5) is 0 Å². The number of hydrogen-bond donors (Lipinski definition) is 2. The smallest absolute Gasteiger partial charge is 0.191 e. The zero-order valence-electron chi connectivity index (χ0n) is 34.2. The monoisotopic (exact) mass is 806 g/mol. The average Bonchev–Trinajstić information content (AvgIpc) is 3.36. The summed E-state index contributed by atoms with van der Waals surface area (Å²) in [5, 5.41) is 27.1. The maximum atomic E-state index is 13.6. The van der Waals surface area contributed by atoms with Crippen molar-refractivity contribution in [1.82, 2.24) is 0 Å². The van der Waals surface area contributed by atoms with Crippen LogP contribution in [0.1, 0.15) is 44.5 Å². The molecule has 8 aromatic carbocycles. The van der Waals surface area contributed by atoms with Gasteiger partial charge in [0, 0.05) is 11.1 Å². The Morgan fingerprint density at radius 2 is 0.484 bits per heavy atom. The molecule has 0 spiro atoms. The number of benzene rings is 8. The molecule has 0 bridgehead atoms. The molecule has 8 aromatic rings. The van der Waals surface area contributed by atoms with Gasteiger partial charge < -0.3 is 19.7 Å². The van der Waals surface area contributed by atoms with Gasteiger partial charge >= 0.3 is 0 Å². The van der Waals surface area contributed by atoms with Gasteiger partial charge in [-0.2, -0.15) is 0 Å². The van der Waals surface area contributed by atoms with E-state index in [0.717, 1.165) is 33.4 Å². The molecule has 0 heterocycles. The Morgan fingerprint density at radius 3 is 0.694 bits per heavy atom. The van der Waals surface area contributed by atoms with Crippen LogP contribution in [-0.4, -0.2) is 34.6 Å². The summed E-state index contributed by atoms with van der Waals surface area (Å²) in [5.74, 6) is 12.6. The van der Waals surface area contributed by atoms with Crippen LogP contribution in [0.3, 0.4) is 0 Å². The highest BCUT2D eigenvalue weighted by Crippen LogP contribution is 2.44. The Labute approximate surface area is 364 Å². The van der Waals surface area contributed by atoms with E-state index in [1.54, 1.807) is 0 Å². The molecule has 0 amide bonds. The first-order valence-corrected chi connectivity index (χ1v) is 20.7. The fraction of sp³-hybridized carbons (Fsp3) is 0.103. The van der Waals surface area contributed by atoms with Gasteiger partial charge in [0.2, 0.25) is 0 Å². The number of hydrogen-bond acceptors (Lipinski definition) is 4. The maximum Gasteiger partial charge on any atom is 0.191 e. The molecule has 2 N–H and O–H groups in total. The van der Waals surface area contributed by atoms with E-state index >= 15 is 0 Å². The predicted octanol–water partition coefficient (Wildman–Crippen LogP) is 10.6. The quantitative estimate of drug-likeness (QED) is 0.0900. The van der Waals surface area contributed by atoms with Crippen molar-refractivity contribution in [2.75, 3.05) is 13.2 Å². The molecule has 0 saturated heterocycles. The maximum absolute atomic E-state index is 13.6. The van der Waals surface area contributed by atoms with E-state index in [1.807, 2.05) is 243 Å². The van der Waals surface area contributed by atoms with Gasteiger partial charge in [0.05, 0.1) is 13.2 Å². The van der Waals surface area contributed by atoms with Crippen LogP contribution in [0.2, 0.25) is 0 Å². The lowest BCUT2D eigenvalue weighted by molar-refractivity contribution is -0.174. The van der Waals surface area contributed by atoms with Crippen LogP contribution in [0.25, 0.3) is 0 Å². The second-order valence-electron chi connectivity index (χ2n) is 15.1. The van der Waals surface area contributed by atoms with Crippen molar-refractivity contribution in [3.8, 4) is 23.7 Å². The summed E-state index contributed by atoms with van der Waals surface area (Å²) in [6.45, 7) is -0.992. The lowest BCUT2D eigenvalue weighted by Crippen LogP contribution is -2.60. The van der Waals surface area contributed by atoms with Crippen LogP contribution in [0, 0.1) is 23.7 Å². The van der Waals surface area contributed by atoms with Gasteiger partial charge in [0.15, 0.2) is 11.2 Å². The first kappa shape index (κ1) is 41.5. The topological polar surface area (TPSA) is 58.9 Å². The Kier molecular flexibility index (Phi) is 12.7. The highest BCUT2D eigenvalue weighted by atomic mass is 16.5. The van der Waals surface area contributed by atoms with Crippen molar-refractivity contribution < 1.29 is 19.7 Å². The summed E-state index contributed by atoms with van der Waals surface area (Å²) in [5.41, 5.74) is -1.09. The summed E-state index contributed by atoms with van der Waals surface area (Å²) in [6.07, 6.45) is 0. The Bertz CT molecular complexity index is 2360.